The molecule has 0 saturated carbocycles. The summed E-state index contributed by atoms with van der Waals surface area (Å²) in [5.41, 5.74) is 8.47. The number of thioether (sulfide) groups is 2. The Bertz CT molecular complexity index is 607. The number of hydrogen-bond donors (Lipinski definition) is 3. The summed E-state index contributed by atoms with van der Waals surface area (Å²) in [6.45, 7) is 0.0251. The van der Waals surface area contributed by atoms with Gasteiger partial charge in [0.15, 0.2) is 0 Å². The molecule has 0 saturated heterocycles. The number of primary amides is 1. The van der Waals surface area contributed by atoms with Crippen LogP contribution < -0.4 is 11.2 Å². The van der Waals surface area contributed by atoms with Gasteiger partial charge in [0.1, 0.15) is 12.9 Å². The van der Waals surface area contributed by atoms with E-state index in [4.69, 9.17) is 10.6 Å². The van der Waals surface area contributed by atoms with Crippen LogP contribution in [0, 0.1) is 0 Å². The highest BCUT2D eigenvalue weighted by atomic mass is 32.2. The lowest BCUT2D eigenvalue weighted by Gasteiger charge is -2.27. The van der Waals surface area contributed by atoms with Crippen molar-refractivity contribution in [2.45, 2.75) is 21.5 Å². The summed E-state index contributed by atoms with van der Waals surface area (Å²) in [6, 6.07) is 7.94. The molecule has 6 nitrogen and oxygen atoms in total. The fourth-order valence-electron chi connectivity index (χ4n) is 2.06. The van der Waals surface area contributed by atoms with Crippen LogP contribution in [0.2, 0.25) is 0 Å². The van der Waals surface area contributed by atoms with Gasteiger partial charge in [0.05, 0.1) is 11.9 Å². The van der Waals surface area contributed by atoms with Crippen molar-refractivity contribution in [2.24, 2.45) is 5.73 Å². The SMILES string of the molecule is NC(=O)CONC/C(CC=O)=C1\Sc2ccccc2SC1CO. The molecule has 0 aliphatic carbocycles. The second kappa shape index (κ2) is 9.09. The van der Waals surface area contributed by atoms with Gasteiger partial charge in [-0.3, -0.25) is 9.63 Å². The van der Waals surface area contributed by atoms with Gasteiger partial charge in [0, 0.05) is 27.7 Å². The highest BCUT2D eigenvalue weighted by Crippen LogP contribution is 2.48. The van der Waals surface area contributed by atoms with Crippen molar-refractivity contribution in [1.82, 2.24) is 5.48 Å². The number of hydrogen-bond acceptors (Lipinski definition) is 7. The number of fused-ring (bicyclic) bond motifs is 1. The number of aliphatic hydroxyl groups is 1. The van der Waals surface area contributed by atoms with Crippen LogP contribution in [0.15, 0.2) is 44.5 Å². The van der Waals surface area contributed by atoms with Gasteiger partial charge < -0.3 is 15.6 Å². The molecular weight excluding hydrogens is 336 g/mol. The number of nitrogens with one attached hydrogen (secondary N) is 1. The van der Waals surface area contributed by atoms with Gasteiger partial charge in [0.2, 0.25) is 5.91 Å². The molecule has 2 rings (SSSR count). The highest BCUT2D eigenvalue weighted by molar-refractivity contribution is 8.08. The molecule has 1 aliphatic heterocycles. The summed E-state index contributed by atoms with van der Waals surface area (Å²) in [6.07, 6.45) is 1.05. The quantitative estimate of drug-likeness (QED) is 0.365. The minimum absolute atomic E-state index is 0.0220. The second-order valence-corrected chi connectivity index (χ2v) is 7.08. The number of benzene rings is 1. The van der Waals surface area contributed by atoms with Crippen molar-refractivity contribution in [3.05, 3.63) is 34.7 Å². The van der Waals surface area contributed by atoms with E-state index in [9.17, 15) is 14.7 Å². The average Bonchev–Trinajstić information content (AvgIpc) is 2.56. The molecule has 8 heteroatoms. The third-order valence-corrected chi connectivity index (χ3v) is 6.00. The average molecular weight is 354 g/mol. The Morgan fingerprint density at radius 2 is 2.13 bits per heavy atom. The summed E-state index contributed by atoms with van der Waals surface area (Å²) in [5.74, 6) is -0.577. The normalized spacial score (nSPS) is 19.1. The van der Waals surface area contributed by atoms with Crippen LogP contribution in [0.25, 0.3) is 0 Å². The van der Waals surface area contributed by atoms with E-state index in [-0.39, 0.29) is 31.4 Å². The van der Waals surface area contributed by atoms with Gasteiger partial charge in [-0.1, -0.05) is 23.9 Å². The van der Waals surface area contributed by atoms with E-state index in [1.165, 1.54) is 0 Å². The molecule has 1 heterocycles. The molecule has 1 aromatic rings. The Hall–Kier alpha value is -1.32. The highest BCUT2D eigenvalue weighted by Gasteiger charge is 2.26. The van der Waals surface area contributed by atoms with E-state index in [0.29, 0.717) is 0 Å². The van der Waals surface area contributed by atoms with Crippen LogP contribution in [0.3, 0.4) is 0 Å². The molecule has 1 atom stereocenters. The van der Waals surface area contributed by atoms with Crippen LogP contribution in [0.5, 0.6) is 0 Å². The number of nitrogens with two attached hydrogens (primary N) is 1. The van der Waals surface area contributed by atoms with Crippen LogP contribution >= 0.6 is 23.5 Å². The second-order valence-electron chi connectivity index (χ2n) is 4.75. The van der Waals surface area contributed by atoms with Crippen LogP contribution in [-0.4, -0.2) is 42.3 Å². The van der Waals surface area contributed by atoms with Crippen LogP contribution in [0.4, 0.5) is 0 Å². The van der Waals surface area contributed by atoms with Gasteiger partial charge >= 0.3 is 0 Å². The molecule has 0 bridgehead atoms. The van der Waals surface area contributed by atoms with Gasteiger partial charge in [0.25, 0.3) is 0 Å². The van der Waals surface area contributed by atoms with Crippen molar-refractivity contribution in [3.8, 4) is 0 Å². The molecule has 1 aliphatic rings. The monoisotopic (exact) mass is 354 g/mol. The molecule has 1 unspecified atom stereocenters. The molecule has 23 heavy (non-hydrogen) atoms. The third-order valence-electron chi connectivity index (χ3n) is 3.08. The molecule has 1 aromatic carbocycles. The Labute approximate surface area is 142 Å². The largest absolute Gasteiger partial charge is 0.395 e. The first-order valence-corrected chi connectivity index (χ1v) is 8.68. The standard InChI is InChI=1S/C15H18N2O4S2/c16-14(20)9-21-17-7-10(5-6-18)15-13(8-19)22-11-3-1-2-4-12(11)23-15/h1-4,6,13,17,19H,5,7-9H2,(H2,16,20)/b15-10-. The van der Waals surface area contributed by atoms with Crippen molar-refractivity contribution < 1.29 is 19.5 Å². The van der Waals surface area contributed by atoms with Crippen molar-refractivity contribution in [3.63, 3.8) is 0 Å². The number of rotatable bonds is 8. The molecule has 1 amide bonds. The molecule has 0 fully saturated rings. The Balaban J connectivity index is 2.17. The number of aliphatic hydroxyl groups excluding tert-OH is 1. The number of hydroxylamine groups is 1. The first-order chi connectivity index (χ1) is 11.2. The molecule has 124 valence electrons. The van der Waals surface area contributed by atoms with E-state index >= 15 is 0 Å². The first kappa shape index (κ1) is 18.0. The van der Waals surface area contributed by atoms with E-state index in [0.717, 1.165) is 26.6 Å². The van der Waals surface area contributed by atoms with E-state index in [1.54, 1.807) is 23.5 Å². The van der Waals surface area contributed by atoms with Gasteiger partial charge in [-0.25, -0.2) is 0 Å². The lowest BCUT2D eigenvalue weighted by Crippen LogP contribution is -2.27. The maximum absolute atomic E-state index is 11.0. The van der Waals surface area contributed by atoms with Gasteiger partial charge in [-0.15, -0.1) is 11.8 Å². The number of carbonyl (C=O) groups excluding carboxylic acids is 2. The lowest BCUT2D eigenvalue weighted by atomic mass is 10.1. The molecule has 0 aromatic heterocycles. The van der Waals surface area contributed by atoms with Crippen molar-refractivity contribution in [2.75, 3.05) is 19.8 Å². The third kappa shape index (κ3) is 5.08. The van der Waals surface area contributed by atoms with Gasteiger partial charge in [-0.05, 0) is 17.7 Å². The van der Waals surface area contributed by atoms with Gasteiger partial charge in [-0.2, -0.15) is 5.48 Å². The van der Waals surface area contributed by atoms with Crippen molar-refractivity contribution in [1.29, 1.82) is 0 Å². The van der Waals surface area contributed by atoms with Crippen LogP contribution in [0.1, 0.15) is 6.42 Å². The topological polar surface area (TPSA) is 102 Å². The maximum atomic E-state index is 11.0. The fraction of sp³-hybridized carbons (Fsp3) is 0.333. The zero-order chi connectivity index (χ0) is 16.7. The van der Waals surface area contributed by atoms with Crippen LogP contribution in [-0.2, 0) is 14.4 Å². The summed E-state index contributed by atoms with van der Waals surface area (Å²) in [7, 11) is 0. The minimum Gasteiger partial charge on any atom is -0.395 e. The summed E-state index contributed by atoms with van der Waals surface area (Å²) in [4.78, 5) is 29.7. The Kier molecular flexibility index (Phi) is 7.13. The smallest absolute Gasteiger partial charge is 0.245 e. The maximum Gasteiger partial charge on any atom is 0.245 e. The Morgan fingerprint density at radius 3 is 2.78 bits per heavy atom. The zero-order valence-corrected chi connectivity index (χ0v) is 14.0. The summed E-state index contributed by atoms with van der Waals surface area (Å²) < 4.78 is 0. The van der Waals surface area contributed by atoms with E-state index < -0.39 is 5.91 Å². The van der Waals surface area contributed by atoms with E-state index in [1.807, 2.05) is 24.3 Å². The minimum atomic E-state index is -0.577. The molecular formula is C15H18N2O4S2. The zero-order valence-electron chi connectivity index (χ0n) is 12.4. The summed E-state index contributed by atoms with van der Waals surface area (Å²) >= 11 is 3.13. The first-order valence-electron chi connectivity index (χ1n) is 6.98. The molecule has 4 N–H and O–H groups in total. The Morgan fingerprint density at radius 1 is 1.39 bits per heavy atom. The fourth-order valence-corrected chi connectivity index (χ4v) is 4.68. The lowest BCUT2D eigenvalue weighted by molar-refractivity contribution is -0.125. The van der Waals surface area contributed by atoms with Crippen molar-refractivity contribution >= 4 is 35.7 Å². The summed E-state index contributed by atoms with van der Waals surface area (Å²) in [5, 5.41) is 9.56. The van der Waals surface area contributed by atoms with E-state index in [2.05, 4.69) is 5.48 Å². The molecule has 0 radical (unpaired) electrons. The number of amides is 1. The molecule has 0 spiro atoms. The number of carbonyl (C=O) groups is 2. The predicted octanol–water partition coefficient (Wildman–Crippen LogP) is 1.09. The predicted molar refractivity (Wildman–Crippen MR) is 89.9 cm³/mol. The number of aldehydes is 1.